The average Bonchev–Trinajstić information content (AvgIpc) is 3.15. The molecule has 1 saturated carbocycles. The maximum Gasteiger partial charge on any atom is 0.233 e. The molecule has 6 atom stereocenters. The maximum absolute atomic E-state index is 13.0. The summed E-state index contributed by atoms with van der Waals surface area (Å²) >= 11 is 3.23. The van der Waals surface area contributed by atoms with Gasteiger partial charge in [0, 0.05) is 41.8 Å². The summed E-state index contributed by atoms with van der Waals surface area (Å²) in [6.07, 6.45) is 12.2. The first-order valence-corrected chi connectivity index (χ1v) is 17.3. The molecular weight excluding hydrogens is 549 g/mol. The predicted molar refractivity (Wildman–Crippen MR) is 172 cm³/mol. The highest BCUT2D eigenvalue weighted by Gasteiger charge is 2.39. The first-order valence-electron chi connectivity index (χ1n) is 15.3. The van der Waals surface area contributed by atoms with Crippen molar-refractivity contribution in [2.24, 2.45) is 23.7 Å². The number of anilines is 1. The van der Waals surface area contributed by atoms with Crippen LogP contribution in [-0.2, 0) is 16.0 Å². The Labute approximate surface area is 255 Å². The first-order chi connectivity index (χ1) is 19.9. The van der Waals surface area contributed by atoms with Crippen LogP contribution in [0.1, 0.15) is 63.5 Å². The van der Waals surface area contributed by atoms with Crippen LogP contribution in [-0.4, -0.2) is 45.1 Å². The maximum atomic E-state index is 13.0. The largest absolute Gasteiger partial charge is 0.491 e. The molecule has 0 spiro atoms. The van der Waals surface area contributed by atoms with E-state index in [4.69, 9.17) is 9.47 Å². The van der Waals surface area contributed by atoms with Gasteiger partial charge in [0.15, 0.2) is 0 Å². The third kappa shape index (κ3) is 6.94. The topological polar surface area (TPSA) is 50.8 Å². The number of allylic oxidation sites excluding steroid dienone is 1. The molecule has 6 unspecified atom stereocenters. The molecule has 0 radical (unpaired) electrons. The van der Waals surface area contributed by atoms with Gasteiger partial charge in [0.05, 0.1) is 18.4 Å². The molecule has 222 valence electrons. The van der Waals surface area contributed by atoms with Crippen LogP contribution in [0, 0.1) is 23.7 Å². The molecule has 2 aromatic carbocycles. The lowest BCUT2D eigenvalue weighted by molar-refractivity contribution is -0.123. The fourth-order valence-corrected chi connectivity index (χ4v) is 7.69. The van der Waals surface area contributed by atoms with E-state index in [0.29, 0.717) is 18.4 Å². The number of carbonyl (C=O) groups excluding carboxylic acids is 1. The highest BCUT2D eigenvalue weighted by Crippen LogP contribution is 2.44. The molecule has 2 bridgehead atoms. The number of hydrogen-bond acceptors (Lipinski definition) is 6. The van der Waals surface area contributed by atoms with Gasteiger partial charge in [0.1, 0.15) is 5.75 Å². The number of hydrogen-bond donors (Lipinski definition) is 1. The minimum absolute atomic E-state index is 0.0746. The third-order valence-corrected chi connectivity index (χ3v) is 11.0. The molecule has 41 heavy (non-hydrogen) atoms. The highest BCUT2D eigenvalue weighted by molar-refractivity contribution is 7.98. The molecule has 3 aliphatic rings. The average molecular weight is 595 g/mol. The predicted octanol–water partition coefficient (Wildman–Crippen LogP) is 7.74. The molecule has 1 fully saturated rings. The zero-order valence-electron chi connectivity index (χ0n) is 25.2. The van der Waals surface area contributed by atoms with Crippen LogP contribution in [0.3, 0.4) is 0 Å². The van der Waals surface area contributed by atoms with Crippen LogP contribution in [0.5, 0.6) is 5.75 Å². The van der Waals surface area contributed by atoms with Crippen molar-refractivity contribution in [3.05, 3.63) is 59.7 Å². The van der Waals surface area contributed by atoms with Gasteiger partial charge in [-0.25, -0.2) is 0 Å². The van der Waals surface area contributed by atoms with E-state index in [1.54, 1.807) is 0 Å². The smallest absolute Gasteiger partial charge is 0.233 e. The number of rotatable bonds is 5. The standard InChI is InChI=1S/C34H46N2O3S2/c1-6-8-24-17-27(40-5)12-15-29(24)26-20-36-19-25-11-14-30(25)32(38-4)10-7-9-22(2)23(3)34(37)35-41-28-13-16-33(39-21-26)31(36)18-28/h7,10,12-13,15-18,22-23,25-26,30,32H,6,8-9,11,14,19-21H2,1-5H3,(H,35,37)/b10-7+. The Kier molecular flexibility index (Phi) is 10.3. The Morgan fingerprint density at radius 1 is 1.15 bits per heavy atom. The van der Waals surface area contributed by atoms with E-state index in [1.165, 1.54) is 40.8 Å². The van der Waals surface area contributed by atoms with Gasteiger partial charge in [-0.3, -0.25) is 9.52 Å². The van der Waals surface area contributed by atoms with Crippen molar-refractivity contribution >= 4 is 35.3 Å². The monoisotopic (exact) mass is 594 g/mol. The van der Waals surface area contributed by atoms with Gasteiger partial charge in [-0.2, -0.15) is 0 Å². The number of thioether (sulfide) groups is 1. The van der Waals surface area contributed by atoms with E-state index >= 15 is 0 Å². The number of methoxy groups -OCH3 is 1. The number of carbonyl (C=O) groups is 1. The van der Waals surface area contributed by atoms with E-state index in [1.807, 2.05) is 25.8 Å². The summed E-state index contributed by atoms with van der Waals surface area (Å²) in [6, 6.07) is 13.4. The van der Waals surface area contributed by atoms with Crippen molar-refractivity contribution in [2.45, 2.75) is 74.7 Å². The van der Waals surface area contributed by atoms with Gasteiger partial charge < -0.3 is 14.4 Å². The number of nitrogens with zero attached hydrogens (tertiary/aromatic N) is 1. The van der Waals surface area contributed by atoms with Crippen LogP contribution in [0.2, 0.25) is 0 Å². The Morgan fingerprint density at radius 3 is 2.73 bits per heavy atom. The van der Waals surface area contributed by atoms with Gasteiger partial charge in [-0.05, 0) is 103 Å². The fourth-order valence-electron chi connectivity index (χ4n) is 6.52. The van der Waals surface area contributed by atoms with Crippen LogP contribution in [0.25, 0.3) is 0 Å². The van der Waals surface area contributed by atoms with Crippen molar-refractivity contribution in [1.82, 2.24) is 4.72 Å². The van der Waals surface area contributed by atoms with Crippen molar-refractivity contribution < 1.29 is 14.3 Å². The Bertz CT molecular complexity index is 1230. The normalized spacial score (nSPS) is 29.4. The molecule has 1 N–H and O–H groups in total. The fraction of sp³-hybridized carbons (Fsp3) is 0.559. The van der Waals surface area contributed by atoms with Crippen molar-refractivity contribution in [2.75, 3.05) is 38.0 Å². The molecular formula is C34H46N2O3S2. The third-order valence-electron chi connectivity index (χ3n) is 9.46. The van der Waals surface area contributed by atoms with E-state index < -0.39 is 0 Å². The van der Waals surface area contributed by atoms with Crippen molar-refractivity contribution in [3.8, 4) is 5.75 Å². The Hall–Kier alpha value is -2.09. The van der Waals surface area contributed by atoms with Crippen LogP contribution in [0.15, 0.2) is 58.3 Å². The Balaban J connectivity index is 1.50. The first kappa shape index (κ1) is 30.4. The van der Waals surface area contributed by atoms with E-state index in [2.05, 4.69) is 78.3 Å². The summed E-state index contributed by atoms with van der Waals surface area (Å²) in [6.45, 7) is 8.99. The zero-order chi connectivity index (χ0) is 28.9. The van der Waals surface area contributed by atoms with Gasteiger partial charge >= 0.3 is 0 Å². The minimum atomic E-state index is -0.0752. The number of nitrogens with one attached hydrogen (secondary N) is 1. The molecule has 2 aromatic rings. The minimum Gasteiger partial charge on any atom is -0.491 e. The molecule has 0 aromatic heterocycles. The zero-order valence-corrected chi connectivity index (χ0v) is 26.9. The van der Waals surface area contributed by atoms with Crippen molar-refractivity contribution in [1.29, 1.82) is 0 Å². The second-order valence-electron chi connectivity index (χ2n) is 12.1. The summed E-state index contributed by atoms with van der Waals surface area (Å²) in [5, 5.41) is 0. The summed E-state index contributed by atoms with van der Waals surface area (Å²) in [5.41, 5.74) is 3.99. The summed E-state index contributed by atoms with van der Waals surface area (Å²) in [5.74, 6) is 2.53. The molecule has 1 aliphatic carbocycles. The van der Waals surface area contributed by atoms with E-state index in [-0.39, 0.29) is 29.8 Å². The van der Waals surface area contributed by atoms with Gasteiger partial charge in [-0.1, -0.05) is 45.4 Å². The molecule has 0 saturated heterocycles. The van der Waals surface area contributed by atoms with Crippen LogP contribution in [0.4, 0.5) is 5.69 Å². The number of ether oxygens (including phenoxy) is 2. The second-order valence-corrected chi connectivity index (χ2v) is 13.8. The van der Waals surface area contributed by atoms with E-state index in [0.717, 1.165) is 48.7 Å². The quantitative estimate of drug-likeness (QED) is 0.217. The number of aryl methyl sites for hydroxylation is 1. The molecule has 2 heterocycles. The number of fused-ring (bicyclic) bond motifs is 2. The van der Waals surface area contributed by atoms with E-state index in [9.17, 15) is 4.79 Å². The number of amides is 1. The highest BCUT2D eigenvalue weighted by atomic mass is 32.2. The van der Waals surface area contributed by atoms with Gasteiger partial charge in [0.25, 0.3) is 0 Å². The van der Waals surface area contributed by atoms with Gasteiger partial charge in [0.2, 0.25) is 5.91 Å². The lowest BCUT2D eigenvalue weighted by Crippen LogP contribution is -2.44. The molecule has 1 amide bonds. The Morgan fingerprint density at radius 2 is 2.00 bits per heavy atom. The molecule has 5 nitrogen and oxygen atoms in total. The second kappa shape index (κ2) is 13.9. The SMILES string of the molecule is CCCc1cc(SC)ccc1C1COc2ccc3cc2N(C1)CC1CCC1C(OC)/C=C/CC(C)C(C)C(=O)NS3. The van der Waals surface area contributed by atoms with Gasteiger partial charge in [-0.15, -0.1) is 11.8 Å². The lowest BCUT2D eigenvalue weighted by Gasteiger charge is -2.43. The lowest BCUT2D eigenvalue weighted by atomic mass is 9.70. The molecule has 2 aliphatic heterocycles. The molecule has 5 rings (SSSR count). The van der Waals surface area contributed by atoms with Crippen LogP contribution >= 0.6 is 23.7 Å². The van der Waals surface area contributed by atoms with Crippen LogP contribution < -0.4 is 14.4 Å². The van der Waals surface area contributed by atoms with Crippen molar-refractivity contribution in [3.63, 3.8) is 0 Å². The molecule has 7 heteroatoms. The summed E-state index contributed by atoms with van der Waals surface area (Å²) in [7, 11) is 1.84. The number of benzene rings is 2. The summed E-state index contributed by atoms with van der Waals surface area (Å²) in [4.78, 5) is 17.9. The summed E-state index contributed by atoms with van der Waals surface area (Å²) < 4.78 is 15.7.